The fourth-order valence-corrected chi connectivity index (χ4v) is 2.07. The lowest BCUT2D eigenvalue weighted by atomic mass is 10.1. The van der Waals surface area contributed by atoms with Gasteiger partial charge in [0.2, 0.25) is 0 Å². The first-order valence-electron chi connectivity index (χ1n) is 6.21. The van der Waals surface area contributed by atoms with Crippen molar-refractivity contribution in [3.63, 3.8) is 0 Å². The Morgan fingerprint density at radius 1 is 1.19 bits per heavy atom. The van der Waals surface area contributed by atoms with Crippen molar-refractivity contribution in [2.24, 2.45) is 0 Å². The van der Waals surface area contributed by atoms with E-state index in [0.717, 1.165) is 11.1 Å². The highest BCUT2D eigenvalue weighted by molar-refractivity contribution is 6.31. The van der Waals surface area contributed by atoms with E-state index in [9.17, 15) is 14.9 Å². The van der Waals surface area contributed by atoms with E-state index >= 15 is 0 Å². The molecule has 108 valence electrons. The van der Waals surface area contributed by atoms with Gasteiger partial charge in [-0.2, -0.15) is 0 Å². The van der Waals surface area contributed by atoms with Crippen LogP contribution in [0.25, 0.3) is 0 Å². The van der Waals surface area contributed by atoms with Crippen molar-refractivity contribution in [3.05, 3.63) is 68.2 Å². The minimum absolute atomic E-state index is 0.0229. The number of aryl methyl sites for hydroxylation is 2. The summed E-state index contributed by atoms with van der Waals surface area (Å²) < 4.78 is 0. The molecule has 0 aromatic heterocycles. The standard InChI is InChI=1S/C15H13ClN2O3/c1-9-3-4-10(2)13(7-9)17-15(19)12-6-5-11(16)8-14(12)18(20)21/h3-8H,1-2H3,(H,17,19). The molecule has 2 aromatic carbocycles. The topological polar surface area (TPSA) is 72.2 Å². The van der Waals surface area contributed by atoms with Crippen LogP contribution in [0.2, 0.25) is 5.02 Å². The molecule has 0 aliphatic carbocycles. The normalized spacial score (nSPS) is 10.2. The molecule has 0 unspecified atom stereocenters. The number of halogens is 1. The number of rotatable bonds is 3. The molecule has 0 spiro atoms. The molecule has 0 radical (unpaired) electrons. The van der Waals surface area contributed by atoms with Crippen LogP contribution in [0, 0.1) is 24.0 Å². The van der Waals surface area contributed by atoms with E-state index in [1.807, 2.05) is 32.0 Å². The van der Waals surface area contributed by atoms with Crippen molar-refractivity contribution in [1.29, 1.82) is 0 Å². The minimum atomic E-state index is -0.621. The number of nitrogens with zero attached hydrogens (tertiary/aromatic N) is 1. The van der Waals surface area contributed by atoms with E-state index in [-0.39, 0.29) is 16.3 Å². The van der Waals surface area contributed by atoms with E-state index in [1.165, 1.54) is 18.2 Å². The Hall–Kier alpha value is -2.40. The Kier molecular flexibility index (Phi) is 4.23. The van der Waals surface area contributed by atoms with E-state index < -0.39 is 10.8 Å². The molecule has 0 heterocycles. The van der Waals surface area contributed by atoms with Gasteiger partial charge >= 0.3 is 0 Å². The van der Waals surface area contributed by atoms with Gasteiger partial charge in [-0.1, -0.05) is 23.7 Å². The van der Waals surface area contributed by atoms with Crippen molar-refractivity contribution < 1.29 is 9.72 Å². The molecule has 1 N–H and O–H groups in total. The van der Waals surface area contributed by atoms with Crippen molar-refractivity contribution in [2.45, 2.75) is 13.8 Å². The number of hydrogen-bond donors (Lipinski definition) is 1. The highest BCUT2D eigenvalue weighted by atomic mass is 35.5. The van der Waals surface area contributed by atoms with E-state index in [1.54, 1.807) is 0 Å². The average molecular weight is 305 g/mol. The van der Waals surface area contributed by atoms with E-state index in [4.69, 9.17) is 11.6 Å². The van der Waals surface area contributed by atoms with Gasteiger partial charge in [-0.05, 0) is 43.2 Å². The van der Waals surface area contributed by atoms with Gasteiger partial charge in [0.15, 0.2) is 0 Å². The van der Waals surface area contributed by atoms with Crippen LogP contribution in [-0.4, -0.2) is 10.8 Å². The first-order chi connectivity index (χ1) is 9.88. The monoisotopic (exact) mass is 304 g/mol. The Morgan fingerprint density at radius 2 is 1.90 bits per heavy atom. The van der Waals surface area contributed by atoms with Crippen LogP contribution in [0.4, 0.5) is 11.4 Å². The Morgan fingerprint density at radius 3 is 2.57 bits per heavy atom. The number of hydrogen-bond acceptors (Lipinski definition) is 3. The molecule has 0 aliphatic heterocycles. The summed E-state index contributed by atoms with van der Waals surface area (Å²) in [5.74, 6) is -0.535. The quantitative estimate of drug-likeness (QED) is 0.685. The molecule has 0 saturated heterocycles. The summed E-state index contributed by atoms with van der Waals surface area (Å²) in [5.41, 5.74) is 2.16. The van der Waals surface area contributed by atoms with Crippen LogP contribution in [0.1, 0.15) is 21.5 Å². The third-order valence-corrected chi connectivity index (χ3v) is 3.28. The molecule has 0 fully saturated rings. The van der Waals surface area contributed by atoms with Crippen LogP contribution in [0.5, 0.6) is 0 Å². The fraction of sp³-hybridized carbons (Fsp3) is 0.133. The van der Waals surface area contributed by atoms with Gasteiger partial charge in [0.05, 0.1) is 4.92 Å². The lowest BCUT2D eigenvalue weighted by Crippen LogP contribution is -2.14. The molecular formula is C15H13ClN2O3. The molecule has 5 nitrogen and oxygen atoms in total. The van der Waals surface area contributed by atoms with Crippen molar-refractivity contribution in [2.75, 3.05) is 5.32 Å². The first kappa shape index (κ1) is 15.0. The highest BCUT2D eigenvalue weighted by Gasteiger charge is 2.21. The Balaban J connectivity index is 2.37. The molecule has 0 saturated carbocycles. The zero-order valence-corrected chi connectivity index (χ0v) is 12.3. The number of carbonyl (C=O) groups is 1. The number of anilines is 1. The smallest absolute Gasteiger partial charge is 0.283 e. The summed E-state index contributed by atoms with van der Waals surface area (Å²) in [6.07, 6.45) is 0. The van der Waals surface area contributed by atoms with E-state index in [0.29, 0.717) is 5.69 Å². The van der Waals surface area contributed by atoms with Crippen LogP contribution in [-0.2, 0) is 0 Å². The van der Waals surface area contributed by atoms with Gasteiger partial charge in [-0.15, -0.1) is 0 Å². The summed E-state index contributed by atoms with van der Waals surface area (Å²) in [7, 11) is 0. The fourth-order valence-electron chi connectivity index (χ4n) is 1.91. The predicted molar refractivity (Wildman–Crippen MR) is 82.0 cm³/mol. The maximum atomic E-state index is 12.3. The third-order valence-electron chi connectivity index (χ3n) is 3.04. The zero-order valence-electron chi connectivity index (χ0n) is 11.5. The summed E-state index contributed by atoms with van der Waals surface area (Å²) in [6, 6.07) is 9.58. The molecule has 1 amide bonds. The van der Waals surface area contributed by atoms with Gasteiger partial charge in [0.25, 0.3) is 11.6 Å². The SMILES string of the molecule is Cc1ccc(C)c(NC(=O)c2ccc(Cl)cc2[N+](=O)[O-])c1. The van der Waals surface area contributed by atoms with Crippen molar-refractivity contribution >= 4 is 28.9 Å². The van der Waals surface area contributed by atoms with E-state index in [2.05, 4.69) is 5.32 Å². The van der Waals surface area contributed by atoms with Crippen LogP contribution in [0.3, 0.4) is 0 Å². The summed E-state index contributed by atoms with van der Waals surface area (Å²) in [4.78, 5) is 22.7. The van der Waals surface area contributed by atoms with Gasteiger partial charge in [-0.25, -0.2) is 0 Å². The number of carbonyl (C=O) groups excluding carboxylic acids is 1. The Bertz CT molecular complexity index is 729. The van der Waals surface area contributed by atoms with Crippen LogP contribution in [0.15, 0.2) is 36.4 Å². The van der Waals surface area contributed by atoms with Crippen LogP contribution < -0.4 is 5.32 Å². The number of benzene rings is 2. The lowest BCUT2D eigenvalue weighted by molar-refractivity contribution is -0.385. The predicted octanol–water partition coefficient (Wildman–Crippen LogP) is 4.12. The molecule has 21 heavy (non-hydrogen) atoms. The largest absolute Gasteiger partial charge is 0.322 e. The molecule has 0 aliphatic rings. The second-order valence-corrected chi connectivity index (χ2v) is 5.13. The highest BCUT2D eigenvalue weighted by Crippen LogP contribution is 2.25. The lowest BCUT2D eigenvalue weighted by Gasteiger charge is -2.09. The molecule has 2 aromatic rings. The second-order valence-electron chi connectivity index (χ2n) is 4.69. The summed E-state index contributed by atoms with van der Waals surface area (Å²) in [5, 5.41) is 13.9. The minimum Gasteiger partial charge on any atom is -0.322 e. The Labute approximate surface area is 126 Å². The molecule has 6 heteroatoms. The third kappa shape index (κ3) is 3.38. The second kappa shape index (κ2) is 5.93. The molecule has 0 atom stereocenters. The summed E-state index contributed by atoms with van der Waals surface area (Å²) in [6.45, 7) is 3.76. The molecule has 0 bridgehead atoms. The summed E-state index contributed by atoms with van der Waals surface area (Å²) >= 11 is 5.74. The van der Waals surface area contributed by atoms with Gasteiger partial charge in [0, 0.05) is 16.8 Å². The molecule has 2 rings (SSSR count). The first-order valence-corrected chi connectivity index (χ1v) is 6.59. The number of amides is 1. The zero-order chi connectivity index (χ0) is 15.6. The average Bonchev–Trinajstić information content (AvgIpc) is 2.42. The van der Waals surface area contributed by atoms with Gasteiger partial charge in [0.1, 0.15) is 5.56 Å². The van der Waals surface area contributed by atoms with Gasteiger partial charge < -0.3 is 5.32 Å². The number of nitro benzene ring substituents is 1. The number of nitro groups is 1. The number of nitrogens with one attached hydrogen (secondary N) is 1. The van der Waals surface area contributed by atoms with Crippen LogP contribution >= 0.6 is 11.6 Å². The maximum absolute atomic E-state index is 12.3. The molecular weight excluding hydrogens is 292 g/mol. The van der Waals surface area contributed by atoms with Crippen molar-refractivity contribution in [1.82, 2.24) is 0 Å². The van der Waals surface area contributed by atoms with Crippen molar-refractivity contribution in [3.8, 4) is 0 Å². The van der Waals surface area contributed by atoms with Gasteiger partial charge in [-0.3, -0.25) is 14.9 Å². The maximum Gasteiger partial charge on any atom is 0.283 e.